The van der Waals surface area contributed by atoms with Crippen LogP contribution in [0.1, 0.15) is 28.7 Å². The van der Waals surface area contributed by atoms with E-state index in [4.69, 9.17) is 0 Å². The molecule has 0 saturated carbocycles. The predicted molar refractivity (Wildman–Crippen MR) is 70.7 cm³/mol. The van der Waals surface area contributed by atoms with Crippen LogP contribution < -0.4 is 10.6 Å². The summed E-state index contributed by atoms with van der Waals surface area (Å²) in [5.74, 6) is 0.297. The Hall–Kier alpha value is -2.44. The Bertz CT molecular complexity index is 551. The lowest BCUT2D eigenvalue weighted by Crippen LogP contribution is -2.23. The van der Waals surface area contributed by atoms with Crippen LogP contribution in [0.25, 0.3) is 0 Å². The number of benzene rings is 1. The topological polar surface area (TPSA) is 95.6 Å². The number of hydrogen-bond donors (Lipinski definition) is 3. The Morgan fingerprint density at radius 2 is 2.26 bits per heavy atom. The minimum atomic E-state index is -0.157. The second-order valence-electron chi connectivity index (χ2n) is 4.07. The lowest BCUT2D eigenvalue weighted by molar-refractivity contribution is 0.0950. The Balaban J connectivity index is 2.01. The first kappa shape index (κ1) is 13.0. The Morgan fingerprint density at radius 1 is 1.42 bits per heavy atom. The Kier molecular flexibility index (Phi) is 4.07. The third-order valence-electron chi connectivity index (χ3n) is 2.65. The zero-order valence-corrected chi connectivity index (χ0v) is 10.9. The van der Waals surface area contributed by atoms with Gasteiger partial charge in [-0.15, -0.1) is 10.2 Å². The zero-order valence-electron chi connectivity index (χ0n) is 10.9. The number of anilines is 1. The first-order chi connectivity index (χ1) is 9.20. The van der Waals surface area contributed by atoms with E-state index in [1.807, 2.05) is 26.0 Å². The van der Waals surface area contributed by atoms with Gasteiger partial charge < -0.3 is 10.6 Å². The van der Waals surface area contributed by atoms with Gasteiger partial charge in [0, 0.05) is 17.8 Å². The molecule has 1 aromatic carbocycles. The van der Waals surface area contributed by atoms with Crippen molar-refractivity contribution in [2.75, 3.05) is 11.9 Å². The summed E-state index contributed by atoms with van der Waals surface area (Å²) in [6.07, 6.45) is 0. The number of hydrogen-bond acceptors (Lipinski definition) is 5. The monoisotopic (exact) mass is 260 g/mol. The van der Waals surface area contributed by atoms with Crippen molar-refractivity contribution in [3.05, 3.63) is 35.2 Å². The molecule has 0 spiro atoms. The maximum absolute atomic E-state index is 11.9. The molecule has 0 aliphatic carbocycles. The highest BCUT2D eigenvalue weighted by molar-refractivity contribution is 5.94. The third kappa shape index (κ3) is 3.27. The second kappa shape index (κ2) is 5.94. The summed E-state index contributed by atoms with van der Waals surface area (Å²) in [6.45, 7) is 5.10. The minimum absolute atomic E-state index is 0.157. The number of aromatic nitrogens is 4. The molecule has 19 heavy (non-hydrogen) atoms. The van der Waals surface area contributed by atoms with Crippen molar-refractivity contribution in [1.82, 2.24) is 25.9 Å². The fourth-order valence-electron chi connectivity index (χ4n) is 1.71. The molecule has 100 valence electrons. The van der Waals surface area contributed by atoms with Crippen molar-refractivity contribution < 1.29 is 4.79 Å². The molecule has 0 fully saturated rings. The molecular weight excluding hydrogens is 244 g/mol. The number of aromatic amines is 1. The molecule has 2 aromatic rings. The van der Waals surface area contributed by atoms with Crippen LogP contribution in [0, 0.1) is 6.92 Å². The zero-order chi connectivity index (χ0) is 13.7. The molecule has 1 heterocycles. The van der Waals surface area contributed by atoms with Gasteiger partial charge in [0.25, 0.3) is 5.91 Å². The van der Waals surface area contributed by atoms with E-state index in [2.05, 4.69) is 31.3 Å². The lowest BCUT2D eigenvalue weighted by atomic mass is 10.1. The summed E-state index contributed by atoms with van der Waals surface area (Å²) in [7, 11) is 0. The standard InChI is InChI=1S/C12H16N6O/c1-3-13-10-5-4-9(6-8(10)2)12(19)14-7-11-15-17-18-16-11/h4-6,13H,3,7H2,1-2H3,(H,14,19)(H,15,16,17,18). The summed E-state index contributed by atoms with van der Waals surface area (Å²) < 4.78 is 0. The molecule has 3 N–H and O–H groups in total. The largest absolute Gasteiger partial charge is 0.385 e. The van der Waals surface area contributed by atoms with E-state index in [1.165, 1.54) is 0 Å². The SMILES string of the molecule is CCNc1ccc(C(=O)NCc2nn[nH]n2)cc1C. The molecule has 7 nitrogen and oxygen atoms in total. The van der Waals surface area contributed by atoms with Crippen LogP contribution in [0.15, 0.2) is 18.2 Å². The quantitative estimate of drug-likeness (QED) is 0.741. The van der Waals surface area contributed by atoms with Crippen LogP contribution in [-0.2, 0) is 6.54 Å². The van der Waals surface area contributed by atoms with E-state index in [1.54, 1.807) is 6.07 Å². The van der Waals surface area contributed by atoms with Crippen LogP contribution in [0.3, 0.4) is 0 Å². The number of rotatable bonds is 5. The smallest absolute Gasteiger partial charge is 0.251 e. The molecule has 1 aromatic heterocycles. The second-order valence-corrected chi connectivity index (χ2v) is 4.07. The molecular formula is C12H16N6O. The van der Waals surface area contributed by atoms with E-state index in [0.29, 0.717) is 11.4 Å². The van der Waals surface area contributed by atoms with Gasteiger partial charge in [-0.05, 0) is 37.6 Å². The summed E-state index contributed by atoms with van der Waals surface area (Å²) >= 11 is 0. The minimum Gasteiger partial charge on any atom is -0.385 e. The predicted octanol–water partition coefficient (Wildman–Crippen LogP) is 0.870. The highest BCUT2D eigenvalue weighted by Gasteiger charge is 2.08. The summed E-state index contributed by atoms with van der Waals surface area (Å²) in [4.78, 5) is 11.9. The number of aryl methyl sites for hydroxylation is 1. The average molecular weight is 260 g/mol. The molecule has 0 radical (unpaired) electrons. The molecule has 7 heteroatoms. The van der Waals surface area contributed by atoms with Crippen molar-refractivity contribution in [3.63, 3.8) is 0 Å². The molecule has 0 bridgehead atoms. The number of amides is 1. The molecule has 0 aliphatic heterocycles. The van der Waals surface area contributed by atoms with Crippen LogP contribution in [0.4, 0.5) is 5.69 Å². The number of tetrazole rings is 1. The van der Waals surface area contributed by atoms with Gasteiger partial charge in [-0.25, -0.2) is 0 Å². The van der Waals surface area contributed by atoms with E-state index in [0.717, 1.165) is 17.8 Å². The Labute approximate surface area is 110 Å². The lowest BCUT2D eigenvalue weighted by Gasteiger charge is -2.09. The molecule has 0 unspecified atom stereocenters. The molecule has 1 amide bonds. The maximum atomic E-state index is 11.9. The first-order valence-electron chi connectivity index (χ1n) is 6.05. The van der Waals surface area contributed by atoms with Crippen LogP contribution >= 0.6 is 0 Å². The summed E-state index contributed by atoms with van der Waals surface area (Å²) in [6, 6.07) is 5.54. The highest BCUT2D eigenvalue weighted by Crippen LogP contribution is 2.16. The van der Waals surface area contributed by atoms with Crippen molar-refractivity contribution in [1.29, 1.82) is 0 Å². The van der Waals surface area contributed by atoms with Crippen molar-refractivity contribution in [2.24, 2.45) is 0 Å². The first-order valence-corrected chi connectivity index (χ1v) is 6.05. The van der Waals surface area contributed by atoms with Crippen LogP contribution in [0.5, 0.6) is 0 Å². The molecule has 0 saturated heterocycles. The molecule has 0 atom stereocenters. The maximum Gasteiger partial charge on any atom is 0.251 e. The number of nitrogens with one attached hydrogen (secondary N) is 3. The number of H-pyrrole nitrogens is 1. The number of carbonyl (C=O) groups excluding carboxylic acids is 1. The van der Waals surface area contributed by atoms with Gasteiger partial charge in [0.05, 0.1) is 6.54 Å². The van der Waals surface area contributed by atoms with E-state index in [9.17, 15) is 4.79 Å². The normalized spacial score (nSPS) is 10.2. The van der Waals surface area contributed by atoms with Crippen molar-refractivity contribution >= 4 is 11.6 Å². The van der Waals surface area contributed by atoms with E-state index < -0.39 is 0 Å². The number of nitrogens with zero attached hydrogens (tertiary/aromatic N) is 3. The summed E-state index contributed by atoms with van der Waals surface area (Å²) in [5, 5.41) is 19.3. The van der Waals surface area contributed by atoms with Crippen molar-refractivity contribution in [2.45, 2.75) is 20.4 Å². The van der Waals surface area contributed by atoms with Crippen LogP contribution in [-0.4, -0.2) is 33.1 Å². The molecule has 2 rings (SSSR count). The highest BCUT2D eigenvalue weighted by atomic mass is 16.1. The van der Waals surface area contributed by atoms with Crippen molar-refractivity contribution in [3.8, 4) is 0 Å². The van der Waals surface area contributed by atoms with Gasteiger partial charge in [-0.3, -0.25) is 4.79 Å². The fourth-order valence-corrected chi connectivity index (χ4v) is 1.71. The van der Waals surface area contributed by atoms with Gasteiger partial charge in [-0.2, -0.15) is 5.21 Å². The average Bonchev–Trinajstić information content (AvgIpc) is 2.91. The Morgan fingerprint density at radius 3 is 2.89 bits per heavy atom. The van der Waals surface area contributed by atoms with Gasteiger partial charge in [0.1, 0.15) is 0 Å². The number of carbonyl (C=O) groups is 1. The van der Waals surface area contributed by atoms with E-state index >= 15 is 0 Å². The van der Waals surface area contributed by atoms with E-state index in [-0.39, 0.29) is 12.5 Å². The third-order valence-corrected chi connectivity index (χ3v) is 2.65. The fraction of sp³-hybridized carbons (Fsp3) is 0.333. The van der Waals surface area contributed by atoms with Gasteiger partial charge in [0.2, 0.25) is 0 Å². The van der Waals surface area contributed by atoms with Gasteiger partial charge in [0.15, 0.2) is 5.82 Å². The van der Waals surface area contributed by atoms with Gasteiger partial charge in [-0.1, -0.05) is 5.21 Å². The van der Waals surface area contributed by atoms with Gasteiger partial charge >= 0.3 is 0 Å². The summed E-state index contributed by atoms with van der Waals surface area (Å²) in [5.41, 5.74) is 2.69. The van der Waals surface area contributed by atoms with Crippen LogP contribution in [0.2, 0.25) is 0 Å². The molecule has 0 aliphatic rings.